The number of aliphatic hydroxyl groups is 2. The van der Waals surface area contributed by atoms with Crippen LogP contribution >= 0.6 is 0 Å². The first kappa shape index (κ1) is 60.3. The number of phenols is 1. The zero-order valence-electron chi connectivity index (χ0n) is 42.8. The standard InChI is InChI=1S/C51H81N7O12/c1-11-12-13-14-15-16-17-18-41(62)53-37(25-30(2)3)47(65)57-45(32(6)7)49(67)54-38(28-59)40(61)27-43(64)56-44(31(4)5)48(66)52-35-21-24-42(63)55-46(33(8)9)50(68)58(10)39(51(69)70-29-35)26-34-19-22-36(60)23-20-34/h16-17,19-24,30-33,35,37-40,44-46,59-61H,11-15,18,25-29H2,1-10H3,(H,52,66)(H,53,62)(H,54,67)(H,55,63)(H,56,64)(H,57,65)/t35-,37+,38+,39+,40+,44+,45+,46+/m1/s1. The summed E-state index contributed by atoms with van der Waals surface area (Å²) in [7, 11) is 1.42. The summed E-state index contributed by atoms with van der Waals surface area (Å²) in [5, 5.41) is 47.1. The normalized spacial score (nSPS) is 19.1. The third-order valence-electron chi connectivity index (χ3n) is 11.8. The second-order valence-corrected chi connectivity index (χ2v) is 19.5. The summed E-state index contributed by atoms with van der Waals surface area (Å²) < 4.78 is 5.65. The van der Waals surface area contributed by atoms with E-state index in [0.717, 1.165) is 38.2 Å². The molecule has 1 aliphatic heterocycles. The van der Waals surface area contributed by atoms with Crippen molar-refractivity contribution in [1.29, 1.82) is 0 Å². The van der Waals surface area contributed by atoms with Crippen LogP contribution < -0.4 is 31.9 Å². The summed E-state index contributed by atoms with van der Waals surface area (Å²) in [6, 6.07) is -1.87. The summed E-state index contributed by atoms with van der Waals surface area (Å²) in [4.78, 5) is 109. The van der Waals surface area contributed by atoms with Crippen molar-refractivity contribution in [2.45, 2.75) is 168 Å². The van der Waals surface area contributed by atoms with E-state index in [4.69, 9.17) is 4.74 Å². The van der Waals surface area contributed by atoms with E-state index in [1.54, 1.807) is 59.8 Å². The molecular weight excluding hydrogens is 903 g/mol. The van der Waals surface area contributed by atoms with Gasteiger partial charge >= 0.3 is 5.97 Å². The molecule has 1 aromatic carbocycles. The van der Waals surface area contributed by atoms with Crippen LogP contribution in [0.1, 0.15) is 119 Å². The number of likely N-dealkylation sites (N-methyl/N-ethyl adjacent to an activating group) is 1. The Hall–Kier alpha value is -5.82. The molecule has 19 heteroatoms. The molecule has 1 heterocycles. The molecule has 9 N–H and O–H groups in total. The van der Waals surface area contributed by atoms with Gasteiger partial charge in [0.2, 0.25) is 41.4 Å². The number of nitrogens with zero attached hydrogens (tertiary/aromatic N) is 1. The molecule has 0 fully saturated rings. The molecule has 0 aromatic heterocycles. The Balaban J connectivity index is 2.17. The number of aliphatic hydroxyl groups excluding tert-OH is 2. The van der Waals surface area contributed by atoms with Gasteiger partial charge in [0.25, 0.3) is 0 Å². The molecule has 0 saturated heterocycles. The maximum absolute atomic E-state index is 13.8. The molecule has 0 saturated carbocycles. The van der Waals surface area contributed by atoms with Crippen LogP contribution in [0.25, 0.3) is 0 Å². The van der Waals surface area contributed by atoms with E-state index < -0.39 is 121 Å². The fourth-order valence-corrected chi connectivity index (χ4v) is 7.59. The number of carbonyl (C=O) groups is 8. The maximum Gasteiger partial charge on any atom is 0.329 e. The molecule has 2 rings (SSSR count). The third-order valence-corrected chi connectivity index (χ3v) is 11.8. The predicted molar refractivity (Wildman–Crippen MR) is 264 cm³/mol. The van der Waals surface area contributed by atoms with Gasteiger partial charge in [-0.25, -0.2) is 4.79 Å². The van der Waals surface area contributed by atoms with Gasteiger partial charge in [-0.1, -0.05) is 112 Å². The number of hydrogen-bond acceptors (Lipinski definition) is 12. The van der Waals surface area contributed by atoms with Crippen molar-refractivity contribution >= 4 is 47.3 Å². The van der Waals surface area contributed by atoms with Crippen molar-refractivity contribution in [3.8, 4) is 5.75 Å². The number of esters is 1. The number of phenolic OH excluding ortho intramolecular Hbond substituents is 1. The first-order valence-corrected chi connectivity index (χ1v) is 24.6. The van der Waals surface area contributed by atoms with Gasteiger partial charge in [-0.2, -0.15) is 0 Å². The highest BCUT2D eigenvalue weighted by atomic mass is 16.5. The Labute approximate surface area is 413 Å². The van der Waals surface area contributed by atoms with E-state index in [1.165, 1.54) is 30.2 Å². The Morgan fingerprint density at radius 3 is 2.06 bits per heavy atom. The fraction of sp³-hybridized carbons (Fsp3) is 0.647. The van der Waals surface area contributed by atoms with Crippen LogP contribution in [-0.2, 0) is 49.5 Å². The third kappa shape index (κ3) is 21.0. The minimum absolute atomic E-state index is 0.00746. The van der Waals surface area contributed by atoms with Crippen molar-refractivity contribution in [1.82, 2.24) is 36.8 Å². The molecule has 0 unspecified atom stereocenters. The topological polar surface area (TPSA) is 282 Å². The lowest BCUT2D eigenvalue weighted by atomic mass is 9.99. The Morgan fingerprint density at radius 2 is 1.47 bits per heavy atom. The number of carbonyl (C=O) groups excluding carboxylic acids is 8. The minimum atomic E-state index is -1.65. The molecule has 0 spiro atoms. The first-order chi connectivity index (χ1) is 33.0. The molecule has 19 nitrogen and oxygen atoms in total. The smallest absolute Gasteiger partial charge is 0.329 e. The number of unbranched alkanes of at least 4 members (excludes halogenated alkanes) is 4. The average molecular weight is 984 g/mol. The lowest BCUT2D eigenvalue weighted by Crippen LogP contribution is -2.59. The monoisotopic (exact) mass is 984 g/mol. The second-order valence-electron chi connectivity index (χ2n) is 19.5. The van der Waals surface area contributed by atoms with E-state index in [1.807, 2.05) is 19.9 Å². The van der Waals surface area contributed by atoms with Gasteiger partial charge in [0.05, 0.1) is 31.2 Å². The van der Waals surface area contributed by atoms with Crippen LogP contribution in [0.2, 0.25) is 0 Å². The van der Waals surface area contributed by atoms with Gasteiger partial charge in [-0.3, -0.25) is 33.6 Å². The number of ether oxygens (including phenoxy) is 1. The number of allylic oxidation sites excluding steroid dienone is 1. The Morgan fingerprint density at radius 1 is 0.829 bits per heavy atom. The van der Waals surface area contributed by atoms with Gasteiger partial charge in [0.15, 0.2) is 0 Å². The van der Waals surface area contributed by atoms with Crippen LogP contribution in [0.15, 0.2) is 48.6 Å². The summed E-state index contributed by atoms with van der Waals surface area (Å²) in [6.45, 7) is 14.8. The van der Waals surface area contributed by atoms with Crippen LogP contribution in [0, 0.1) is 23.7 Å². The first-order valence-electron chi connectivity index (χ1n) is 24.6. The number of cyclic esters (lactones) is 1. The summed E-state index contributed by atoms with van der Waals surface area (Å²) in [5.74, 6) is -6.53. The highest BCUT2D eigenvalue weighted by Gasteiger charge is 2.37. The molecule has 0 bridgehead atoms. The van der Waals surface area contributed by atoms with Crippen LogP contribution in [0.5, 0.6) is 5.75 Å². The number of hydrogen-bond donors (Lipinski definition) is 9. The number of nitrogens with one attached hydrogen (secondary N) is 6. The maximum atomic E-state index is 13.8. The summed E-state index contributed by atoms with van der Waals surface area (Å²) >= 11 is 0. The van der Waals surface area contributed by atoms with Gasteiger partial charge in [0.1, 0.15) is 42.6 Å². The molecular formula is C51H81N7O12. The molecule has 1 aromatic rings. The number of aromatic hydroxyl groups is 1. The number of benzene rings is 1. The zero-order chi connectivity index (χ0) is 52.7. The predicted octanol–water partition coefficient (Wildman–Crippen LogP) is 2.46. The van der Waals surface area contributed by atoms with E-state index in [0.29, 0.717) is 12.0 Å². The molecule has 0 radical (unpaired) electrons. The molecule has 7 amide bonds. The summed E-state index contributed by atoms with van der Waals surface area (Å²) in [6.07, 6.45) is 9.52. The van der Waals surface area contributed by atoms with Gasteiger partial charge in [-0.15, -0.1) is 0 Å². The number of amides is 7. The lowest BCUT2D eigenvalue weighted by molar-refractivity contribution is -0.156. The van der Waals surface area contributed by atoms with Gasteiger partial charge < -0.3 is 56.9 Å². The van der Waals surface area contributed by atoms with Crippen molar-refractivity contribution in [3.05, 3.63) is 54.1 Å². The van der Waals surface area contributed by atoms with E-state index in [-0.39, 0.29) is 36.3 Å². The SMILES string of the molecule is CCCCCCC=CCC(=O)N[C@@H](CC(C)C)C(=O)N[C@H](C(=O)N[C@@H](CO)[C@@H](O)CC(=O)N[C@H](C(=O)N[C@@H]1C=CC(=O)N[C@@H](C(C)C)C(=O)N(C)[C@@H](Cc2ccc(O)cc2)C(=O)OC1)C(C)C)C(C)C. The molecule has 392 valence electrons. The Kier molecular flexibility index (Phi) is 26.5. The largest absolute Gasteiger partial charge is 0.508 e. The van der Waals surface area contributed by atoms with Crippen LogP contribution in [0.3, 0.4) is 0 Å². The fourth-order valence-electron chi connectivity index (χ4n) is 7.59. The molecule has 1 aliphatic rings. The van der Waals surface area contributed by atoms with Crippen LogP contribution in [-0.4, -0.2) is 136 Å². The van der Waals surface area contributed by atoms with E-state index >= 15 is 0 Å². The van der Waals surface area contributed by atoms with Gasteiger partial charge in [0, 0.05) is 26.0 Å². The summed E-state index contributed by atoms with van der Waals surface area (Å²) in [5.41, 5.74) is 0.610. The van der Waals surface area contributed by atoms with E-state index in [9.17, 15) is 53.7 Å². The van der Waals surface area contributed by atoms with Crippen molar-refractivity contribution in [2.75, 3.05) is 20.3 Å². The highest BCUT2D eigenvalue weighted by molar-refractivity contribution is 5.95. The number of rotatable bonds is 26. The van der Waals surface area contributed by atoms with Crippen LogP contribution in [0.4, 0.5) is 0 Å². The molecule has 0 aliphatic carbocycles. The Bertz CT molecular complexity index is 1940. The lowest BCUT2D eigenvalue weighted by Gasteiger charge is -2.32. The minimum Gasteiger partial charge on any atom is -0.508 e. The van der Waals surface area contributed by atoms with E-state index in [2.05, 4.69) is 38.8 Å². The average Bonchev–Trinajstić information content (AvgIpc) is 3.29. The quantitative estimate of drug-likeness (QED) is 0.0368. The highest BCUT2D eigenvalue weighted by Crippen LogP contribution is 2.18. The molecule has 8 atom stereocenters. The van der Waals surface area contributed by atoms with Gasteiger partial charge in [-0.05, 0) is 60.6 Å². The second kappa shape index (κ2) is 30.7. The van der Waals surface area contributed by atoms with Crippen molar-refractivity contribution in [2.24, 2.45) is 23.7 Å². The van der Waals surface area contributed by atoms with Crippen molar-refractivity contribution < 1.29 is 58.4 Å². The van der Waals surface area contributed by atoms with Crippen molar-refractivity contribution in [3.63, 3.8) is 0 Å². The zero-order valence-corrected chi connectivity index (χ0v) is 42.8. The molecule has 70 heavy (non-hydrogen) atoms.